The minimum Gasteiger partial charge on any atom is -0.492 e. The second kappa shape index (κ2) is 9.01. The van der Waals surface area contributed by atoms with Crippen LogP contribution in [0.2, 0.25) is 0 Å². The Labute approximate surface area is 160 Å². The van der Waals surface area contributed by atoms with Gasteiger partial charge in [0.2, 0.25) is 15.9 Å². The summed E-state index contributed by atoms with van der Waals surface area (Å²) in [6.45, 7) is 4.66. The van der Waals surface area contributed by atoms with Crippen molar-refractivity contribution in [2.45, 2.75) is 37.1 Å². The number of nitrogens with zero attached hydrogens (tertiary/aromatic N) is 1. The molecule has 150 valence electrons. The lowest BCUT2D eigenvalue weighted by Crippen LogP contribution is -2.48. The highest BCUT2D eigenvalue weighted by Gasteiger charge is 2.30. The average molecular weight is 397 g/mol. The van der Waals surface area contributed by atoms with Gasteiger partial charge < -0.3 is 20.1 Å². The predicted molar refractivity (Wildman–Crippen MR) is 101 cm³/mol. The fourth-order valence-corrected chi connectivity index (χ4v) is 4.94. The maximum atomic E-state index is 13.1. The van der Waals surface area contributed by atoms with Gasteiger partial charge in [0.05, 0.1) is 19.8 Å². The third-order valence-electron chi connectivity index (χ3n) is 4.68. The summed E-state index contributed by atoms with van der Waals surface area (Å²) in [6, 6.07) is 4.28. The number of carbonyl (C=O) groups excluding carboxylic acids is 1. The molecule has 0 radical (unpaired) electrons. The van der Waals surface area contributed by atoms with Crippen LogP contribution < -0.4 is 15.4 Å². The molecule has 27 heavy (non-hydrogen) atoms. The second-order valence-corrected chi connectivity index (χ2v) is 8.54. The Kier molecular flexibility index (Phi) is 6.69. The van der Waals surface area contributed by atoms with Gasteiger partial charge in [-0.15, -0.1) is 0 Å². The normalized spacial score (nSPS) is 21.6. The summed E-state index contributed by atoms with van der Waals surface area (Å²) in [5.74, 6) is 0.0559. The number of ether oxygens (including phenoxy) is 2. The van der Waals surface area contributed by atoms with Crippen LogP contribution in [0.3, 0.4) is 0 Å². The summed E-state index contributed by atoms with van der Waals surface area (Å²) in [4.78, 5) is 12.5. The molecular weight excluding hydrogens is 370 g/mol. The van der Waals surface area contributed by atoms with E-state index in [2.05, 4.69) is 10.6 Å². The number of carbonyl (C=O) groups is 1. The highest BCUT2D eigenvalue weighted by atomic mass is 32.2. The van der Waals surface area contributed by atoms with Gasteiger partial charge in [0.15, 0.2) is 0 Å². The number of hydrogen-bond donors (Lipinski definition) is 2. The first kappa shape index (κ1) is 20.1. The van der Waals surface area contributed by atoms with Crippen LogP contribution in [0.4, 0.5) is 5.69 Å². The summed E-state index contributed by atoms with van der Waals surface area (Å²) < 4.78 is 38.6. The number of piperidine rings is 1. The van der Waals surface area contributed by atoms with Gasteiger partial charge in [0.1, 0.15) is 16.7 Å². The standard InChI is InChI=1S/C18H27N3O5S/c1-2-26-16-7-6-14(20-18(22)15-13-25-11-8-19-15)12-17(16)27(23,24)21-9-4-3-5-10-21/h6-7,12,15,19H,2-5,8-11,13H2,1H3,(H,20,22). The molecule has 0 bridgehead atoms. The number of benzene rings is 1. The van der Waals surface area contributed by atoms with E-state index < -0.39 is 16.1 Å². The number of morpholine rings is 1. The molecule has 0 aliphatic carbocycles. The number of amides is 1. The molecule has 3 rings (SSSR count). The SMILES string of the molecule is CCOc1ccc(NC(=O)C2COCCN2)cc1S(=O)(=O)N1CCCCC1. The van der Waals surface area contributed by atoms with E-state index in [4.69, 9.17) is 9.47 Å². The first-order valence-corrected chi connectivity index (χ1v) is 10.9. The van der Waals surface area contributed by atoms with Crippen molar-refractivity contribution in [3.8, 4) is 5.75 Å². The Morgan fingerprint density at radius 2 is 2.11 bits per heavy atom. The highest BCUT2D eigenvalue weighted by Crippen LogP contribution is 2.31. The average Bonchev–Trinajstić information content (AvgIpc) is 2.70. The molecule has 0 spiro atoms. The fraction of sp³-hybridized carbons (Fsp3) is 0.611. The zero-order chi connectivity index (χ0) is 19.3. The van der Waals surface area contributed by atoms with Crippen molar-refractivity contribution in [3.63, 3.8) is 0 Å². The number of rotatable bonds is 6. The van der Waals surface area contributed by atoms with Crippen molar-refractivity contribution in [1.82, 2.24) is 9.62 Å². The number of hydrogen-bond acceptors (Lipinski definition) is 6. The lowest BCUT2D eigenvalue weighted by Gasteiger charge is -2.27. The second-order valence-electron chi connectivity index (χ2n) is 6.63. The molecule has 2 aliphatic rings. The summed E-state index contributed by atoms with van der Waals surface area (Å²) >= 11 is 0. The summed E-state index contributed by atoms with van der Waals surface area (Å²) in [5, 5.41) is 5.86. The predicted octanol–water partition coefficient (Wildman–Crippen LogP) is 1.19. The Bertz CT molecular complexity index is 756. The summed E-state index contributed by atoms with van der Waals surface area (Å²) in [6.07, 6.45) is 2.75. The first-order valence-electron chi connectivity index (χ1n) is 9.41. The van der Waals surface area contributed by atoms with E-state index in [0.29, 0.717) is 50.9 Å². The molecule has 0 aromatic heterocycles. The van der Waals surface area contributed by atoms with Crippen LogP contribution in [-0.4, -0.2) is 64.1 Å². The molecule has 1 aromatic rings. The van der Waals surface area contributed by atoms with E-state index in [0.717, 1.165) is 19.3 Å². The van der Waals surface area contributed by atoms with Crippen molar-refractivity contribution < 1.29 is 22.7 Å². The van der Waals surface area contributed by atoms with Crippen molar-refractivity contribution in [1.29, 1.82) is 0 Å². The molecule has 0 saturated carbocycles. The van der Waals surface area contributed by atoms with E-state index in [9.17, 15) is 13.2 Å². The van der Waals surface area contributed by atoms with Crippen LogP contribution in [0, 0.1) is 0 Å². The smallest absolute Gasteiger partial charge is 0.246 e. The highest BCUT2D eigenvalue weighted by molar-refractivity contribution is 7.89. The molecule has 2 N–H and O–H groups in total. The number of anilines is 1. The van der Waals surface area contributed by atoms with Crippen LogP contribution in [0.15, 0.2) is 23.1 Å². The van der Waals surface area contributed by atoms with Crippen LogP contribution in [0.25, 0.3) is 0 Å². The van der Waals surface area contributed by atoms with E-state index in [-0.39, 0.29) is 10.8 Å². The van der Waals surface area contributed by atoms with Gasteiger partial charge in [0, 0.05) is 25.3 Å². The first-order chi connectivity index (χ1) is 13.0. The molecule has 9 heteroatoms. The largest absolute Gasteiger partial charge is 0.492 e. The number of sulfonamides is 1. The van der Waals surface area contributed by atoms with Crippen LogP contribution >= 0.6 is 0 Å². The lowest BCUT2D eigenvalue weighted by molar-refractivity contribution is -0.120. The monoisotopic (exact) mass is 397 g/mol. The van der Waals surface area contributed by atoms with Crippen LogP contribution in [-0.2, 0) is 19.6 Å². The quantitative estimate of drug-likeness (QED) is 0.748. The fourth-order valence-electron chi connectivity index (χ4n) is 3.27. The van der Waals surface area contributed by atoms with Crippen LogP contribution in [0.5, 0.6) is 5.75 Å². The Hall–Kier alpha value is -1.68. The zero-order valence-corrected chi connectivity index (χ0v) is 16.4. The number of nitrogens with one attached hydrogen (secondary N) is 2. The summed E-state index contributed by atoms with van der Waals surface area (Å²) in [7, 11) is -3.68. The molecule has 1 amide bonds. The van der Waals surface area contributed by atoms with E-state index in [1.165, 1.54) is 10.4 Å². The van der Waals surface area contributed by atoms with Gasteiger partial charge in [-0.1, -0.05) is 6.42 Å². The molecule has 2 fully saturated rings. The zero-order valence-electron chi connectivity index (χ0n) is 15.6. The van der Waals surface area contributed by atoms with E-state index in [1.807, 2.05) is 6.92 Å². The molecule has 2 heterocycles. The van der Waals surface area contributed by atoms with Gasteiger partial charge >= 0.3 is 0 Å². The third-order valence-corrected chi connectivity index (χ3v) is 6.60. The van der Waals surface area contributed by atoms with Crippen molar-refractivity contribution in [2.75, 3.05) is 44.8 Å². The van der Waals surface area contributed by atoms with Gasteiger partial charge in [-0.25, -0.2) is 8.42 Å². The minimum absolute atomic E-state index is 0.0944. The van der Waals surface area contributed by atoms with Crippen molar-refractivity contribution >= 4 is 21.6 Å². The van der Waals surface area contributed by atoms with E-state index >= 15 is 0 Å². The van der Waals surface area contributed by atoms with Crippen molar-refractivity contribution in [3.05, 3.63) is 18.2 Å². The van der Waals surface area contributed by atoms with Gasteiger partial charge in [0.25, 0.3) is 0 Å². The molecular formula is C18H27N3O5S. The van der Waals surface area contributed by atoms with Gasteiger partial charge in [-0.05, 0) is 38.0 Å². The third kappa shape index (κ3) is 4.78. The molecule has 1 atom stereocenters. The molecule has 8 nitrogen and oxygen atoms in total. The maximum absolute atomic E-state index is 13.1. The minimum atomic E-state index is -3.68. The molecule has 1 aromatic carbocycles. The topological polar surface area (TPSA) is 97.0 Å². The van der Waals surface area contributed by atoms with Gasteiger partial charge in [-0.2, -0.15) is 4.31 Å². The van der Waals surface area contributed by atoms with E-state index in [1.54, 1.807) is 12.1 Å². The Morgan fingerprint density at radius 1 is 1.33 bits per heavy atom. The van der Waals surface area contributed by atoms with Crippen LogP contribution in [0.1, 0.15) is 26.2 Å². The Morgan fingerprint density at radius 3 is 2.78 bits per heavy atom. The maximum Gasteiger partial charge on any atom is 0.246 e. The molecule has 1 unspecified atom stereocenters. The Balaban J connectivity index is 1.84. The van der Waals surface area contributed by atoms with Gasteiger partial charge in [-0.3, -0.25) is 4.79 Å². The lowest BCUT2D eigenvalue weighted by atomic mass is 10.2. The molecule has 2 aliphatic heterocycles. The van der Waals surface area contributed by atoms with Crippen molar-refractivity contribution in [2.24, 2.45) is 0 Å². The molecule has 2 saturated heterocycles. The summed E-state index contributed by atoms with van der Waals surface area (Å²) in [5.41, 5.74) is 0.423.